The van der Waals surface area contributed by atoms with Crippen molar-refractivity contribution in [3.63, 3.8) is 0 Å². The summed E-state index contributed by atoms with van der Waals surface area (Å²) in [5, 5.41) is 0. The average molecular weight is 424 g/mol. The number of halogens is 2. The molecule has 5 heteroatoms. The van der Waals surface area contributed by atoms with Gasteiger partial charge in [-0.15, -0.1) is 0 Å². The van der Waals surface area contributed by atoms with Crippen LogP contribution in [0.1, 0.15) is 50.7 Å². The van der Waals surface area contributed by atoms with Gasteiger partial charge in [0.1, 0.15) is 11.9 Å². The molecule has 31 heavy (non-hydrogen) atoms. The number of hydrogen-bond acceptors (Lipinski definition) is 3. The molecule has 2 fully saturated rings. The lowest BCUT2D eigenvalue weighted by atomic mass is 9.88. The molecule has 1 aliphatic heterocycles. The molecule has 0 N–H and O–H groups in total. The minimum absolute atomic E-state index is 0.0704. The Morgan fingerprint density at radius 1 is 1.10 bits per heavy atom. The summed E-state index contributed by atoms with van der Waals surface area (Å²) in [6, 6.07) is 9.73. The monoisotopic (exact) mass is 424 g/mol. The molecule has 0 radical (unpaired) electrons. The van der Waals surface area contributed by atoms with E-state index >= 15 is 0 Å². The number of benzene rings is 2. The van der Waals surface area contributed by atoms with Crippen LogP contribution in [-0.2, 0) is 9.53 Å². The maximum absolute atomic E-state index is 14.5. The first-order valence-electron chi connectivity index (χ1n) is 11.2. The summed E-state index contributed by atoms with van der Waals surface area (Å²) in [6.07, 6.45) is 7.13. The summed E-state index contributed by atoms with van der Waals surface area (Å²) < 4.78 is 39.6. The summed E-state index contributed by atoms with van der Waals surface area (Å²) in [5.41, 5.74) is 2.48. The van der Waals surface area contributed by atoms with Gasteiger partial charge in [0, 0.05) is 11.1 Å². The van der Waals surface area contributed by atoms with Crippen LogP contribution in [0, 0.1) is 29.4 Å². The average Bonchev–Trinajstić information content (AvgIpc) is 3.40. The maximum Gasteiger partial charge on any atom is 0.314 e. The highest BCUT2D eigenvalue weighted by molar-refractivity contribution is 5.76. The highest BCUT2D eigenvalue weighted by atomic mass is 19.2. The van der Waals surface area contributed by atoms with Crippen molar-refractivity contribution >= 4 is 5.97 Å². The SMILES string of the molecule is CCCC1=CCC2C(C(=O)Oc3ccc(-c4ccc(C5CO5)c(F)c4F)cc3)CCC12. The Morgan fingerprint density at radius 3 is 2.58 bits per heavy atom. The van der Waals surface area contributed by atoms with Gasteiger partial charge in [-0.05, 0) is 55.2 Å². The number of epoxide rings is 1. The van der Waals surface area contributed by atoms with Gasteiger partial charge in [0.05, 0.1) is 12.5 Å². The van der Waals surface area contributed by atoms with Gasteiger partial charge in [-0.1, -0.05) is 49.3 Å². The molecule has 1 saturated heterocycles. The molecule has 2 aromatic rings. The molecule has 5 rings (SSSR count). The Labute approximate surface area is 181 Å². The first-order chi connectivity index (χ1) is 15.1. The van der Waals surface area contributed by atoms with E-state index in [1.165, 1.54) is 5.57 Å². The van der Waals surface area contributed by atoms with Gasteiger partial charge in [-0.3, -0.25) is 4.79 Å². The lowest BCUT2D eigenvalue weighted by Gasteiger charge is -2.19. The Balaban J connectivity index is 1.26. The summed E-state index contributed by atoms with van der Waals surface area (Å²) in [7, 11) is 0. The van der Waals surface area contributed by atoms with E-state index in [4.69, 9.17) is 9.47 Å². The molecule has 3 nitrogen and oxygen atoms in total. The molecule has 1 heterocycles. The van der Waals surface area contributed by atoms with Crippen LogP contribution in [0.3, 0.4) is 0 Å². The predicted octanol–water partition coefficient (Wildman–Crippen LogP) is 6.38. The van der Waals surface area contributed by atoms with Gasteiger partial charge in [-0.2, -0.15) is 0 Å². The van der Waals surface area contributed by atoms with Crippen molar-refractivity contribution in [1.29, 1.82) is 0 Å². The zero-order chi connectivity index (χ0) is 21.5. The largest absolute Gasteiger partial charge is 0.426 e. The molecule has 1 saturated carbocycles. The van der Waals surface area contributed by atoms with Gasteiger partial charge in [0.2, 0.25) is 0 Å². The second-order valence-corrected chi connectivity index (χ2v) is 8.82. The van der Waals surface area contributed by atoms with Crippen LogP contribution >= 0.6 is 0 Å². The predicted molar refractivity (Wildman–Crippen MR) is 113 cm³/mol. The van der Waals surface area contributed by atoms with Crippen LogP contribution in [0.2, 0.25) is 0 Å². The third kappa shape index (κ3) is 3.80. The molecule has 0 spiro atoms. The molecule has 162 valence electrons. The van der Waals surface area contributed by atoms with Crippen molar-refractivity contribution in [2.24, 2.45) is 17.8 Å². The van der Waals surface area contributed by atoms with Crippen molar-refractivity contribution in [3.05, 3.63) is 65.2 Å². The van der Waals surface area contributed by atoms with Crippen LogP contribution in [-0.4, -0.2) is 12.6 Å². The molecule has 0 bridgehead atoms. The first-order valence-corrected chi connectivity index (χ1v) is 11.2. The lowest BCUT2D eigenvalue weighted by Crippen LogP contribution is -2.25. The van der Waals surface area contributed by atoms with Crippen LogP contribution in [0.25, 0.3) is 11.1 Å². The molecular formula is C26H26F2O3. The summed E-state index contributed by atoms with van der Waals surface area (Å²) in [4.78, 5) is 12.8. The number of carbonyl (C=O) groups is 1. The quantitative estimate of drug-likeness (QED) is 0.234. The van der Waals surface area contributed by atoms with Crippen LogP contribution < -0.4 is 4.74 Å². The Hall–Kier alpha value is -2.53. The molecule has 4 atom stereocenters. The number of ether oxygens (including phenoxy) is 2. The first kappa shape index (κ1) is 20.4. The van der Waals surface area contributed by atoms with Gasteiger partial charge in [0.15, 0.2) is 11.6 Å². The maximum atomic E-state index is 14.5. The number of rotatable bonds is 6. The van der Waals surface area contributed by atoms with E-state index in [2.05, 4.69) is 13.0 Å². The lowest BCUT2D eigenvalue weighted by molar-refractivity contribution is -0.140. The topological polar surface area (TPSA) is 38.8 Å². The van der Waals surface area contributed by atoms with Gasteiger partial charge >= 0.3 is 5.97 Å². The normalized spacial score (nSPS) is 26.5. The smallest absolute Gasteiger partial charge is 0.314 e. The number of esters is 1. The summed E-state index contributed by atoms with van der Waals surface area (Å²) in [6.45, 7) is 2.61. The fourth-order valence-electron chi connectivity index (χ4n) is 5.32. The second-order valence-electron chi connectivity index (χ2n) is 8.82. The fourth-order valence-corrected chi connectivity index (χ4v) is 5.32. The van der Waals surface area contributed by atoms with Crippen molar-refractivity contribution in [3.8, 4) is 16.9 Å². The molecule has 4 unspecified atom stereocenters. The van der Waals surface area contributed by atoms with E-state index in [1.54, 1.807) is 36.4 Å². The van der Waals surface area contributed by atoms with E-state index in [1.807, 2.05) is 0 Å². The molecule has 2 aliphatic carbocycles. The third-order valence-electron chi connectivity index (χ3n) is 6.97. The molecule has 0 amide bonds. The highest BCUT2D eigenvalue weighted by Crippen LogP contribution is 2.49. The zero-order valence-electron chi connectivity index (χ0n) is 17.6. The van der Waals surface area contributed by atoms with Crippen molar-refractivity contribution in [2.45, 2.75) is 45.1 Å². The van der Waals surface area contributed by atoms with E-state index in [-0.39, 0.29) is 29.1 Å². The van der Waals surface area contributed by atoms with Crippen molar-refractivity contribution in [1.82, 2.24) is 0 Å². The van der Waals surface area contributed by atoms with Crippen molar-refractivity contribution in [2.75, 3.05) is 6.61 Å². The standard InChI is InChI=1S/C26H26F2O3/c1-2-3-15-6-9-20-18(15)10-12-21(20)26(29)31-17-7-4-16(5-8-17)19-11-13-22(23-14-30-23)25(28)24(19)27/h4-8,11,13,18,20-21,23H,2-3,9-10,12,14H2,1H3. The Kier molecular flexibility index (Phi) is 5.39. The van der Waals surface area contributed by atoms with Gasteiger partial charge in [-0.25, -0.2) is 8.78 Å². The number of carbonyl (C=O) groups excluding carboxylic acids is 1. The number of hydrogen-bond donors (Lipinski definition) is 0. The van der Waals surface area contributed by atoms with E-state index in [0.717, 1.165) is 32.1 Å². The number of allylic oxidation sites excluding steroid dienone is 2. The van der Waals surface area contributed by atoms with Crippen LogP contribution in [0.5, 0.6) is 5.75 Å². The summed E-state index contributed by atoms with van der Waals surface area (Å²) in [5.74, 6) is -0.677. The molecule has 3 aliphatic rings. The minimum atomic E-state index is -0.883. The van der Waals surface area contributed by atoms with E-state index in [9.17, 15) is 13.6 Å². The fraction of sp³-hybridized carbons (Fsp3) is 0.423. The van der Waals surface area contributed by atoms with Crippen LogP contribution in [0.4, 0.5) is 8.78 Å². The highest BCUT2D eigenvalue weighted by Gasteiger charge is 2.44. The molecule has 2 aromatic carbocycles. The van der Waals surface area contributed by atoms with Crippen molar-refractivity contribution < 1.29 is 23.0 Å². The van der Waals surface area contributed by atoms with Gasteiger partial charge in [0.25, 0.3) is 0 Å². The molecular weight excluding hydrogens is 398 g/mol. The molecule has 0 aromatic heterocycles. The minimum Gasteiger partial charge on any atom is -0.426 e. The third-order valence-corrected chi connectivity index (χ3v) is 6.97. The van der Waals surface area contributed by atoms with Crippen LogP contribution in [0.15, 0.2) is 48.0 Å². The number of fused-ring (bicyclic) bond motifs is 1. The van der Waals surface area contributed by atoms with E-state index in [0.29, 0.717) is 29.8 Å². The second kappa shape index (κ2) is 8.19. The Bertz CT molecular complexity index is 1020. The Morgan fingerprint density at radius 2 is 1.87 bits per heavy atom. The van der Waals surface area contributed by atoms with E-state index < -0.39 is 11.6 Å². The van der Waals surface area contributed by atoms with Gasteiger partial charge < -0.3 is 9.47 Å². The zero-order valence-corrected chi connectivity index (χ0v) is 17.6. The summed E-state index contributed by atoms with van der Waals surface area (Å²) >= 11 is 0.